The maximum atomic E-state index is 13.4. The Bertz CT molecular complexity index is 1850. The van der Waals surface area contributed by atoms with Crippen LogP contribution < -0.4 is 20.7 Å². The monoisotopic (exact) mass is 659 g/mol. The van der Waals surface area contributed by atoms with Gasteiger partial charge in [0, 0.05) is 57.5 Å². The molecule has 1 saturated heterocycles. The van der Waals surface area contributed by atoms with Crippen molar-refractivity contribution in [3.8, 4) is 17.0 Å². The third-order valence-electron chi connectivity index (χ3n) is 7.99. The van der Waals surface area contributed by atoms with Crippen LogP contribution >= 0.6 is 0 Å². The van der Waals surface area contributed by atoms with Gasteiger partial charge in [0.05, 0.1) is 42.0 Å². The fourth-order valence-corrected chi connectivity index (χ4v) is 5.40. The molecule has 6 rings (SSSR count). The molecule has 1 aliphatic heterocycles. The van der Waals surface area contributed by atoms with E-state index in [9.17, 15) is 18.8 Å². The second-order valence-corrected chi connectivity index (χ2v) is 12.6. The summed E-state index contributed by atoms with van der Waals surface area (Å²) in [4.78, 5) is 50.7. The highest BCUT2D eigenvalue weighted by Gasteiger charge is 2.39. The number of imidazole rings is 1. The first-order chi connectivity index (χ1) is 23.0. The lowest BCUT2D eigenvalue weighted by Gasteiger charge is -2.35. The molecule has 1 aliphatic carbocycles. The molecule has 0 bridgehead atoms. The van der Waals surface area contributed by atoms with Gasteiger partial charge in [-0.15, -0.1) is 5.10 Å². The molecule has 1 saturated carbocycles. The van der Waals surface area contributed by atoms with Crippen molar-refractivity contribution in [1.82, 2.24) is 34.7 Å². The molecule has 4 heterocycles. The van der Waals surface area contributed by atoms with E-state index in [1.54, 1.807) is 42.2 Å². The molecule has 0 radical (unpaired) electrons. The van der Waals surface area contributed by atoms with Gasteiger partial charge >= 0.3 is 6.09 Å². The van der Waals surface area contributed by atoms with Gasteiger partial charge in [-0.05, 0) is 45.0 Å². The minimum atomic E-state index is -1.04. The van der Waals surface area contributed by atoms with Crippen molar-refractivity contribution >= 4 is 40.7 Å². The number of benzene rings is 1. The highest BCUT2D eigenvalue weighted by atomic mass is 19.1. The lowest BCUT2D eigenvalue weighted by atomic mass is 10.1. The number of para-hydroxylation sites is 1. The van der Waals surface area contributed by atoms with Gasteiger partial charge in [-0.2, -0.15) is 0 Å². The number of aromatic nitrogens is 4. The SMILES string of the molecule is CNc1cc(Nc2cccc(-c3ccc(C(=O)N4CCN(C(=O)OC(C)(C)C)CC4)cn3)c2OC)nn2c(C(=O)N[C@@H]3C[C@@H]3F)cnc12. The summed E-state index contributed by atoms with van der Waals surface area (Å²) in [5.41, 5.74) is 2.91. The molecule has 3 aromatic heterocycles. The van der Waals surface area contributed by atoms with Crippen molar-refractivity contribution in [1.29, 1.82) is 0 Å². The molecule has 0 spiro atoms. The van der Waals surface area contributed by atoms with Crippen LogP contribution in [-0.4, -0.2) is 105 Å². The first-order valence-corrected chi connectivity index (χ1v) is 15.6. The number of nitrogens with one attached hydrogen (secondary N) is 3. The van der Waals surface area contributed by atoms with E-state index in [1.807, 2.05) is 39.0 Å². The van der Waals surface area contributed by atoms with Crippen LogP contribution in [-0.2, 0) is 4.74 Å². The standard InChI is InChI=1S/C33H38FN9O5/c1-33(2,3)48-32(46)42-13-11-41(12-14-42)31(45)19-9-10-22(36-17-19)20-7-6-8-23(28(20)47-5)38-27-16-25(35-4)29-37-18-26(43(29)40-27)30(44)39-24-15-21(24)34/h6-10,16-18,21,24,35H,11-15H2,1-5H3,(H,38,40)(H,39,44)/t21-,24+/m0/s1. The van der Waals surface area contributed by atoms with Gasteiger partial charge in [0.1, 0.15) is 11.8 Å². The van der Waals surface area contributed by atoms with Crippen molar-refractivity contribution in [3.05, 3.63) is 60.0 Å². The second-order valence-electron chi connectivity index (χ2n) is 12.6. The molecule has 3 amide bonds. The third-order valence-corrected chi connectivity index (χ3v) is 7.99. The molecule has 2 atom stereocenters. The van der Waals surface area contributed by atoms with Crippen LogP contribution in [0.25, 0.3) is 16.9 Å². The zero-order valence-corrected chi connectivity index (χ0v) is 27.4. The minimum Gasteiger partial charge on any atom is -0.494 e. The molecular formula is C33H38FN9O5. The lowest BCUT2D eigenvalue weighted by molar-refractivity contribution is 0.0140. The van der Waals surface area contributed by atoms with E-state index < -0.39 is 23.7 Å². The quantitative estimate of drug-likeness (QED) is 0.252. The smallest absolute Gasteiger partial charge is 0.410 e. The number of alkyl halides is 1. The van der Waals surface area contributed by atoms with Gasteiger partial charge in [-0.1, -0.05) is 6.07 Å². The summed E-state index contributed by atoms with van der Waals surface area (Å²) in [5.74, 6) is 0.248. The van der Waals surface area contributed by atoms with Gasteiger partial charge in [-0.25, -0.2) is 18.7 Å². The van der Waals surface area contributed by atoms with E-state index >= 15 is 0 Å². The summed E-state index contributed by atoms with van der Waals surface area (Å²) in [6.45, 7) is 7.01. The molecule has 14 nitrogen and oxygen atoms in total. The van der Waals surface area contributed by atoms with Gasteiger partial charge in [0.15, 0.2) is 22.9 Å². The summed E-state index contributed by atoms with van der Waals surface area (Å²) < 4.78 is 26.1. The predicted molar refractivity (Wildman–Crippen MR) is 177 cm³/mol. The van der Waals surface area contributed by atoms with Gasteiger partial charge < -0.3 is 35.2 Å². The number of anilines is 3. The average Bonchev–Trinajstić information content (AvgIpc) is 3.59. The number of hydrogen-bond acceptors (Lipinski definition) is 10. The van der Waals surface area contributed by atoms with Crippen LogP contribution in [0.1, 0.15) is 48.0 Å². The van der Waals surface area contributed by atoms with E-state index in [2.05, 4.69) is 31.0 Å². The van der Waals surface area contributed by atoms with Crippen LogP contribution in [0.5, 0.6) is 5.75 Å². The van der Waals surface area contributed by atoms with E-state index in [4.69, 9.17) is 9.47 Å². The van der Waals surface area contributed by atoms with Crippen LogP contribution in [0, 0.1) is 0 Å². The summed E-state index contributed by atoms with van der Waals surface area (Å²) in [7, 11) is 3.28. The van der Waals surface area contributed by atoms with E-state index in [0.29, 0.717) is 78.0 Å². The number of piperazine rings is 1. The first kappa shape index (κ1) is 32.5. The summed E-state index contributed by atoms with van der Waals surface area (Å²) in [6, 6.07) is 10.2. The van der Waals surface area contributed by atoms with Gasteiger partial charge in [0.25, 0.3) is 11.8 Å². The Balaban J connectivity index is 1.18. The molecule has 252 valence electrons. The molecule has 1 aromatic carbocycles. The maximum Gasteiger partial charge on any atom is 0.410 e. The van der Waals surface area contributed by atoms with E-state index in [-0.39, 0.29) is 17.7 Å². The Labute approximate surface area is 276 Å². The van der Waals surface area contributed by atoms with Crippen molar-refractivity contribution in [2.45, 2.75) is 45.0 Å². The zero-order valence-electron chi connectivity index (χ0n) is 27.4. The van der Waals surface area contributed by atoms with Gasteiger partial charge in [-0.3, -0.25) is 14.6 Å². The predicted octanol–water partition coefficient (Wildman–Crippen LogP) is 4.12. The molecule has 15 heteroatoms. The Morgan fingerprint density at radius 2 is 1.71 bits per heavy atom. The largest absolute Gasteiger partial charge is 0.494 e. The second kappa shape index (κ2) is 13.0. The highest BCUT2D eigenvalue weighted by molar-refractivity contribution is 5.95. The fourth-order valence-electron chi connectivity index (χ4n) is 5.40. The Morgan fingerprint density at radius 1 is 0.979 bits per heavy atom. The fraction of sp³-hybridized carbons (Fsp3) is 0.394. The number of carbonyl (C=O) groups excluding carboxylic acids is 3. The molecular weight excluding hydrogens is 621 g/mol. The average molecular weight is 660 g/mol. The molecule has 2 aliphatic rings. The summed E-state index contributed by atoms with van der Waals surface area (Å²) in [6.07, 6.45) is 1.81. The minimum absolute atomic E-state index is 0.170. The van der Waals surface area contributed by atoms with Crippen molar-refractivity contribution in [2.24, 2.45) is 0 Å². The number of rotatable bonds is 8. The summed E-state index contributed by atoms with van der Waals surface area (Å²) >= 11 is 0. The van der Waals surface area contributed by atoms with Crippen molar-refractivity contribution < 1.29 is 28.2 Å². The van der Waals surface area contributed by atoms with Crippen molar-refractivity contribution in [2.75, 3.05) is 51.0 Å². The van der Waals surface area contributed by atoms with Crippen molar-refractivity contribution in [3.63, 3.8) is 0 Å². The number of fused-ring (bicyclic) bond motifs is 1. The maximum absolute atomic E-state index is 13.4. The number of ether oxygens (including phenoxy) is 2. The number of hydrogen-bond donors (Lipinski definition) is 3. The Morgan fingerprint density at radius 3 is 2.33 bits per heavy atom. The number of carbonyl (C=O) groups is 3. The normalized spacial score (nSPS) is 17.5. The Kier molecular flexibility index (Phi) is 8.77. The number of methoxy groups -OCH3 is 1. The molecule has 2 fully saturated rings. The molecule has 3 N–H and O–H groups in total. The summed E-state index contributed by atoms with van der Waals surface area (Å²) in [5, 5.41) is 13.6. The molecule has 0 unspecified atom stereocenters. The van der Waals surface area contributed by atoms with Crippen LogP contribution in [0.3, 0.4) is 0 Å². The van der Waals surface area contributed by atoms with Crippen LogP contribution in [0.2, 0.25) is 0 Å². The lowest BCUT2D eigenvalue weighted by Crippen LogP contribution is -2.51. The van der Waals surface area contributed by atoms with E-state index in [1.165, 1.54) is 16.9 Å². The first-order valence-electron chi connectivity index (χ1n) is 15.6. The van der Waals surface area contributed by atoms with E-state index in [0.717, 1.165) is 0 Å². The topological polar surface area (TPSA) is 155 Å². The highest BCUT2D eigenvalue weighted by Crippen LogP contribution is 2.37. The molecule has 4 aromatic rings. The molecule has 48 heavy (non-hydrogen) atoms. The number of pyridine rings is 1. The number of nitrogens with zero attached hydrogens (tertiary/aromatic N) is 6. The number of amides is 3. The third kappa shape index (κ3) is 6.80. The van der Waals surface area contributed by atoms with Crippen LogP contribution in [0.15, 0.2) is 48.8 Å². The zero-order chi connectivity index (χ0) is 34.2. The van der Waals surface area contributed by atoms with Crippen LogP contribution in [0.4, 0.5) is 26.4 Å². The van der Waals surface area contributed by atoms with Gasteiger partial charge in [0.2, 0.25) is 0 Å². The number of halogens is 1. The Hall–Kier alpha value is -5.47.